The molecule has 2 aliphatic rings. The molecular weight excluding hydrogens is 370 g/mol. The predicted molar refractivity (Wildman–Crippen MR) is 107 cm³/mol. The van der Waals surface area contributed by atoms with Crippen LogP contribution in [0.15, 0.2) is 28.8 Å². The van der Waals surface area contributed by atoms with Crippen molar-refractivity contribution < 1.29 is 14.1 Å². The van der Waals surface area contributed by atoms with Gasteiger partial charge in [-0.2, -0.15) is 4.98 Å². The second-order valence-electron chi connectivity index (χ2n) is 7.73. The van der Waals surface area contributed by atoms with Crippen LogP contribution in [0.5, 0.6) is 0 Å². The average Bonchev–Trinajstić information content (AvgIpc) is 3.21. The molecule has 0 bridgehead atoms. The van der Waals surface area contributed by atoms with E-state index in [9.17, 15) is 9.59 Å². The SMILES string of the molecule is Cc1noc(-c2ccc(C(=O)N3CCN(CC(=O)N4CCCCC4)CC3)cc2)n1. The van der Waals surface area contributed by atoms with Gasteiger partial charge in [-0.3, -0.25) is 14.5 Å². The zero-order valence-corrected chi connectivity index (χ0v) is 16.8. The van der Waals surface area contributed by atoms with Crippen molar-refractivity contribution >= 4 is 11.8 Å². The van der Waals surface area contributed by atoms with Gasteiger partial charge in [-0.1, -0.05) is 5.16 Å². The second kappa shape index (κ2) is 8.73. The fraction of sp³-hybridized carbons (Fsp3) is 0.524. The van der Waals surface area contributed by atoms with E-state index in [2.05, 4.69) is 15.0 Å². The highest BCUT2D eigenvalue weighted by Gasteiger charge is 2.25. The van der Waals surface area contributed by atoms with E-state index in [1.165, 1.54) is 6.42 Å². The van der Waals surface area contributed by atoms with Crippen molar-refractivity contribution in [2.45, 2.75) is 26.2 Å². The van der Waals surface area contributed by atoms with Crippen molar-refractivity contribution in [3.63, 3.8) is 0 Å². The predicted octanol–water partition coefficient (Wildman–Crippen LogP) is 1.82. The fourth-order valence-electron chi connectivity index (χ4n) is 3.90. The summed E-state index contributed by atoms with van der Waals surface area (Å²) in [5.74, 6) is 1.27. The monoisotopic (exact) mass is 397 g/mol. The zero-order valence-electron chi connectivity index (χ0n) is 16.8. The smallest absolute Gasteiger partial charge is 0.257 e. The van der Waals surface area contributed by atoms with Crippen molar-refractivity contribution in [3.05, 3.63) is 35.7 Å². The molecule has 0 N–H and O–H groups in total. The number of carbonyl (C=O) groups excluding carboxylic acids is 2. The van der Waals surface area contributed by atoms with Gasteiger partial charge >= 0.3 is 0 Å². The third-order valence-electron chi connectivity index (χ3n) is 5.63. The maximum absolute atomic E-state index is 12.8. The molecule has 0 atom stereocenters. The number of nitrogens with zero attached hydrogens (tertiary/aromatic N) is 5. The van der Waals surface area contributed by atoms with Crippen LogP contribution in [0.1, 0.15) is 35.4 Å². The molecule has 0 saturated carbocycles. The Labute approximate surface area is 170 Å². The normalized spacial score (nSPS) is 18.1. The third-order valence-corrected chi connectivity index (χ3v) is 5.63. The summed E-state index contributed by atoms with van der Waals surface area (Å²) in [6.07, 6.45) is 3.44. The van der Waals surface area contributed by atoms with Gasteiger partial charge in [-0.05, 0) is 50.5 Å². The Bertz CT molecular complexity index is 849. The first-order valence-electron chi connectivity index (χ1n) is 10.3. The van der Waals surface area contributed by atoms with Gasteiger partial charge in [0, 0.05) is 50.4 Å². The van der Waals surface area contributed by atoms with Crippen LogP contribution >= 0.6 is 0 Å². The molecule has 3 heterocycles. The van der Waals surface area contributed by atoms with Crippen LogP contribution in [-0.4, -0.2) is 82.5 Å². The number of benzene rings is 1. The van der Waals surface area contributed by atoms with E-state index in [0.29, 0.717) is 36.9 Å². The minimum absolute atomic E-state index is 0.0141. The minimum atomic E-state index is 0.0141. The Morgan fingerprint density at radius 3 is 2.24 bits per heavy atom. The van der Waals surface area contributed by atoms with Gasteiger partial charge in [0.05, 0.1) is 6.54 Å². The first kappa shape index (κ1) is 19.6. The second-order valence-corrected chi connectivity index (χ2v) is 7.73. The lowest BCUT2D eigenvalue weighted by atomic mass is 10.1. The van der Waals surface area contributed by atoms with Crippen LogP contribution in [-0.2, 0) is 4.79 Å². The van der Waals surface area contributed by atoms with Crippen LogP contribution in [0.25, 0.3) is 11.5 Å². The van der Waals surface area contributed by atoms with E-state index in [4.69, 9.17) is 4.52 Å². The Morgan fingerprint density at radius 1 is 0.931 bits per heavy atom. The fourth-order valence-corrected chi connectivity index (χ4v) is 3.90. The van der Waals surface area contributed by atoms with E-state index in [1.54, 1.807) is 19.1 Å². The van der Waals surface area contributed by atoms with E-state index in [0.717, 1.165) is 44.6 Å². The van der Waals surface area contributed by atoms with Gasteiger partial charge < -0.3 is 14.3 Å². The molecule has 0 radical (unpaired) electrons. The number of aryl methyl sites for hydroxylation is 1. The first-order valence-corrected chi connectivity index (χ1v) is 10.3. The topological polar surface area (TPSA) is 82.8 Å². The largest absolute Gasteiger partial charge is 0.342 e. The zero-order chi connectivity index (χ0) is 20.2. The Kier molecular flexibility index (Phi) is 5.89. The molecule has 0 spiro atoms. The number of rotatable bonds is 4. The molecule has 154 valence electrons. The summed E-state index contributed by atoms with van der Waals surface area (Å²) in [7, 11) is 0. The number of hydrogen-bond acceptors (Lipinski definition) is 6. The van der Waals surface area contributed by atoms with Crippen LogP contribution in [0, 0.1) is 6.92 Å². The maximum Gasteiger partial charge on any atom is 0.257 e. The molecule has 1 aromatic carbocycles. The molecular formula is C21H27N5O3. The van der Waals surface area contributed by atoms with Crippen LogP contribution in [0.3, 0.4) is 0 Å². The van der Waals surface area contributed by atoms with Crippen LogP contribution in [0.2, 0.25) is 0 Å². The number of piperazine rings is 1. The highest BCUT2D eigenvalue weighted by atomic mass is 16.5. The lowest BCUT2D eigenvalue weighted by Gasteiger charge is -2.36. The van der Waals surface area contributed by atoms with E-state index < -0.39 is 0 Å². The Morgan fingerprint density at radius 2 is 1.62 bits per heavy atom. The summed E-state index contributed by atoms with van der Waals surface area (Å²) in [4.78, 5) is 35.4. The van der Waals surface area contributed by atoms with Crippen LogP contribution in [0.4, 0.5) is 0 Å². The van der Waals surface area contributed by atoms with E-state index >= 15 is 0 Å². The molecule has 0 unspecified atom stereocenters. The molecule has 1 aromatic heterocycles. The quantitative estimate of drug-likeness (QED) is 0.783. The summed E-state index contributed by atoms with van der Waals surface area (Å²) < 4.78 is 5.16. The number of carbonyl (C=O) groups is 2. The van der Waals surface area contributed by atoms with Gasteiger partial charge in [-0.15, -0.1) is 0 Å². The molecule has 8 heteroatoms. The molecule has 2 fully saturated rings. The Balaban J connectivity index is 1.29. The molecule has 2 saturated heterocycles. The van der Waals surface area contributed by atoms with Crippen molar-refractivity contribution in [1.29, 1.82) is 0 Å². The molecule has 2 amide bonds. The molecule has 29 heavy (non-hydrogen) atoms. The number of amides is 2. The first-order chi connectivity index (χ1) is 14.1. The highest BCUT2D eigenvalue weighted by Crippen LogP contribution is 2.19. The van der Waals surface area contributed by atoms with Gasteiger partial charge in [0.25, 0.3) is 11.8 Å². The van der Waals surface area contributed by atoms with E-state index in [1.807, 2.05) is 21.9 Å². The summed E-state index contributed by atoms with van der Waals surface area (Å²) in [5, 5.41) is 3.79. The van der Waals surface area contributed by atoms with Crippen molar-refractivity contribution in [1.82, 2.24) is 24.8 Å². The highest BCUT2D eigenvalue weighted by molar-refractivity contribution is 5.94. The van der Waals surface area contributed by atoms with Crippen LogP contribution < -0.4 is 0 Å². The van der Waals surface area contributed by atoms with Gasteiger partial charge in [0.15, 0.2) is 5.82 Å². The summed E-state index contributed by atoms with van der Waals surface area (Å²) in [6.45, 7) is 6.72. The summed E-state index contributed by atoms with van der Waals surface area (Å²) >= 11 is 0. The number of likely N-dealkylation sites (tertiary alicyclic amines) is 1. The average molecular weight is 397 g/mol. The summed E-state index contributed by atoms with van der Waals surface area (Å²) in [5.41, 5.74) is 1.44. The van der Waals surface area contributed by atoms with E-state index in [-0.39, 0.29) is 11.8 Å². The molecule has 0 aliphatic carbocycles. The third kappa shape index (κ3) is 4.64. The van der Waals surface area contributed by atoms with Gasteiger partial charge in [0.2, 0.25) is 5.91 Å². The molecule has 2 aromatic rings. The maximum atomic E-state index is 12.8. The minimum Gasteiger partial charge on any atom is -0.342 e. The Hall–Kier alpha value is -2.74. The van der Waals surface area contributed by atoms with Gasteiger partial charge in [0.1, 0.15) is 0 Å². The van der Waals surface area contributed by atoms with Crippen molar-refractivity contribution in [2.75, 3.05) is 45.8 Å². The number of aromatic nitrogens is 2. The van der Waals surface area contributed by atoms with Crippen molar-refractivity contribution in [2.24, 2.45) is 0 Å². The standard InChI is InChI=1S/C21H27N5O3/c1-16-22-20(29-23-16)17-5-7-18(8-6-17)21(28)26-13-11-24(12-14-26)15-19(27)25-9-3-2-4-10-25/h5-8H,2-4,9-15H2,1H3. The molecule has 8 nitrogen and oxygen atoms in total. The van der Waals surface area contributed by atoms with Crippen molar-refractivity contribution in [3.8, 4) is 11.5 Å². The molecule has 4 rings (SSSR count). The number of hydrogen-bond donors (Lipinski definition) is 0. The lowest BCUT2D eigenvalue weighted by Crippen LogP contribution is -2.52. The molecule has 2 aliphatic heterocycles. The summed E-state index contributed by atoms with van der Waals surface area (Å²) in [6, 6.07) is 7.24. The lowest BCUT2D eigenvalue weighted by molar-refractivity contribution is -0.133. The number of piperidine rings is 1. The van der Waals surface area contributed by atoms with Gasteiger partial charge in [-0.25, -0.2) is 0 Å².